The molecule has 2 amide bonds. The Morgan fingerprint density at radius 1 is 1.00 bits per heavy atom. The Kier molecular flexibility index (Phi) is 4.71. The van der Waals surface area contributed by atoms with Crippen LogP contribution in [0.4, 0.5) is 0 Å². The van der Waals surface area contributed by atoms with Gasteiger partial charge in [-0.15, -0.1) is 0 Å². The van der Waals surface area contributed by atoms with Gasteiger partial charge in [0.1, 0.15) is 12.4 Å². The molecule has 0 unspecified atom stereocenters. The van der Waals surface area contributed by atoms with Crippen molar-refractivity contribution >= 4 is 29.4 Å². The fraction of sp³-hybridized carbons (Fsp3) is 0.0952. The van der Waals surface area contributed by atoms with Gasteiger partial charge in [-0.05, 0) is 36.4 Å². The highest BCUT2D eigenvalue weighted by Gasteiger charge is 2.36. The predicted molar refractivity (Wildman–Crippen MR) is 99.9 cm³/mol. The molecule has 28 heavy (non-hydrogen) atoms. The first-order valence-corrected chi connectivity index (χ1v) is 8.85. The first kappa shape index (κ1) is 18.0. The summed E-state index contributed by atoms with van der Waals surface area (Å²) in [7, 11) is 0. The van der Waals surface area contributed by atoms with E-state index in [1.807, 2.05) is 0 Å². The van der Waals surface area contributed by atoms with E-state index in [1.165, 1.54) is 24.5 Å². The quantitative estimate of drug-likeness (QED) is 0.480. The van der Waals surface area contributed by atoms with Crippen LogP contribution in [0.3, 0.4) is 0 Å². The van der Waals surface area contributed by atoms with Crippen LogP contribution in [0.2, 0.25) is 5.02 Å². The number of carbonyl (C=O) groups is 3. The molecule has 3 aromatic rings. The van der Waals surface area contributed by atoms with Crippen molar-refractivity contribution in [2.45, 2.75) is 13.2 Å². The van der Waals surface area contributed by atoms with Gasteiger partial charge in [0, 0.05) is 10.6 Å². The number of imide groups is 1. The molecule has 0 fully saturated rings. The Bertz CT molecular complexity index is 1070. The number of hydrogen-bond acceptors (Lipinski definition) is 5. The normalized spacial score (nSPS) is 13.0. The van der Waals surface area contributed by atoms with Gasteiger partial charge in [0.2, 0.25) is 0 Å². The molecule has 7 heteroatoms. The maximum absolute atomic E-state index is 12.6. The van der Waals surface area contributed by atoms with E-state index in [2.05, 4.69) is 0 Å². The Hall–Kier alpha value is -3.38. The SMILES string of the molecule is O=C(OCc1ccccc1Cl)c1ccc2c(c1)C(=O)N(Cc1ccco1)C2=O. The number of nitrogens with zero attached hydrogens (tertiary/aromatic N) is 1. The minimum absolute atomic E-state index is 0.00703. The molecular formula is C21H14ClNO5. The number of benzene rings is 2. The van der Waals surface area contributed by atoms with Crippen molar-refractivity contribution in [3.8, 4) is 0 Å². The van der Waals surface area contributed by atoms with E-state index in [-0.39, 0.29) is 29.8 Å². The van der Waals surface area contributed by atoms with E-state index >= 15 is 0 Å². The van der Waals surface area contributed by atoms with E-state index in [1.54, 1.807) is 36.4 Å². The van der Waals surface area contributed by atoms with Crippen LogP contribution < -0.4 is 0 Å². The third kappa shape index (κ3) is 3.30. The summed E-state index contributed by atoms with van der Waals surface area (Å²) in [5, 5.41) is 0.499. The number of fused-ring (bicyclic) bond motifs is 1. The van der Waals surface area contributed by atoms with E-state index in [9.17, 15) is 14.4 Å². The number of carbonyl (C=O) groups excluding carboxylic acids is 3. The van der Waals surface area contributed by atoms with Crippen molar-refractivity contribution in [2.24, 2.45) is 0 Å². The maximum atomic E-state index is 12.6. The molecule has 0 aliphatic carbocycles. The van der Waals surface area contributed by atoms with Crippen LogP contribution in [0.5, 0.6) is 0 Å². The summed E-state index contributed by atoms with van der Waals surface area (Å²) in [6.45, 7) is 0.0404. The number of halogens is 1. The standard InChI is InChI=1S/C21H14ClNO5/c22-18-6-2-1-4-14(18)12-28-21(26)13-7-8-16-17(10-13)20(25)23(19(16)24)11-15-5-3-9-27-15/h1-10H,11-12H2. The van der Waals surface area contributed by atoms with E-state index < -0.39 is 17.8 Å². The zero-order chi connectivity index (χ0) is 19.7. The van der Waals surface area contributed by atoms with Crippen LogP contribution >= 0.6 is 11.6 Å². The van der Waals surface area contributed by atoms with Crippen molar-refractivity contribution in [1.29, 1.82) is 0 Å². The van der Waals surface area contributed by atoms with E-state index in [4.69, 9.17) is 20.8 Å². The van der Waals surface area contributed by atoms with Gasteiger partial charge in [-0.2, -0.15) is 0 Å². The second-order valence-electron chi connectivity index (χ2n) is 6.20. The van der Waals surface area contributed by atoms with E-state index in [0.29, 0.717) is 16.3 Å². The fourth-order valence-corrected chi connectivity index (χ4v) is 3.15. The Labute approximate surface area is 165 Å². The molecule has 1 aromatic heterocycles. The lowest BCUT2D eigenvalue weighted by atomic mass is 10.1. The summed E-state index contributed by atoms with van der Waals surface area (Å²) >= 11 is 6.05. The zero-order valence-electron chi connectivity index (χ0n) is 14.6. The number of furan rings is 1. The molecule has 0 saturated heterocycles. The lowest BCUT2D eigenvalue weighted by Crippen LogP contribution is -2.28. The van der Waals surface area contributed by atoms with Crippen molar-refractivity contribution in [3.05, 3.63) is 93.9 Å². The Balaban J connectivity index is 1.51. The number of ether oxygens (including phenoxy) is 1. The van der Waals surface area contributed by atoms with E-state index in [0.717, 1.165) is 4.90 Å². The minimum atomic E-state index is -0.604. The molecule has 0 spiro atoms. The second kappa shape index (κ2) is 7.32. The number of hydrogen-bond donors (Lipinski definition) is 0. The first-order chi connectivity index (χ1) is 13.5. The molecule has 6 nitrogen and oxygen atoms in total. The van der Waals surface area contributed by atoms with Gasteiger partial charge >= 0.3 is 5.97 Å². The maximum Gasteiger partial charge on any atom is 0.338 e. The molecular weight excluding hydrogens is 382 g/mol. The van der Waals surface area contributed by atoms with Crippen LogP contribution in [0.15, 0.2) is 65.3 Å². The summed E-state index contributed by atoms with van der Waals surface area (Å²) in [5.41, 5.74) is 1.28. The molecule has 140 valence electrons. The van der Waals surface area contributed by atoms with Crippen molar-refractivity contribution in [3.63, 3.8) is 0 Å². The molecule has 4 rings (SSSR count). The summed E-state index contributed by atoms with van der Waals surface area (Å²) in [5.74, 6) is -1.01. The first-order valence-electron chi connectivity index (χ1n) is 8.48. The van der Waals surface area contributed by atoms with Crippen LogP contribution in [0, 0.1) is 0 Å². The highest BCUT2D eigenvalue weighted by molar-refractivity contribution is 6.31. The summed E-state index contributed by atoms with van der Waals surface area (Å²) < 4.78 is 10.5. The van der Waals surface area contributed by atoms with Gasteiger partial charge < -0.3 is 9.15 Å². The van der Waals surface area contributed by atoms with Crippen molar-refractivity contribution < 1.29 is 23.5 Å². The molecule has 0 atom stereocenters. The zero-order valence-corrected chi connectivity index (χ0v) is 15.3. The van der Waals surface area contributed by atoms with Crippen molar-refractivity contribution in [1.82, 2.24) is 4.90 Å². The highest BCUT2D eigenvalue weighted by Crippen LogP contribution is 2.26. The van der Waals surface area contributed by atoms with Crippen LogP contribution in [-0.4, -0.2) is 22.7 Å². The van der Waals surface area contributed by atoms with Gasteiger partial charge in [-0.25, -0.2) is 4.79 Å². The topological polar surface area (TPSA) is 76.8 Å². The van der Waals surface area contributed by atoms with Gasteiger partial charge in [0.15, 0.2) is 0 Å². The predicted octanol–water partition coefficient (Wildman–Crippen LogP) is 4.09. The molecule has 0 N–H and O–H groups in total. The second-order valence-corrected chi connectivity index (χ2v) is 6.61. The third-order valence-electron chi connectivity index (χ3n) is 4.42. The summed E-state index contributed by atoms with van der Waals surface area (Å²) in [6, 6.07) is 14.7. The molecule has 2 aromatic carbocycles. The average molecular weight is 396 g/mol. The fourth-order valence-electron chi connectivity index (χ4n) is 2.96. The van der Waals surface area contributed by atoms with Gasteiger partial charge in [0.25, 0.3) is 11.8 Å². The molecule has 1 aliphatic rings. The molecule has 0 radical (unpaired) electrons. The Morgan fingerprint density at radius 3 is 2.54 bits per heavy atom. The van der Waals surface area contributed by atoms with Gasteiger partial charge in [0.05, 0.1) is 29.5 Å². The molecule has 1 aliphatic heterocycles. The lowest BCUT2D eigenvalue weighted by Gasteiger charge is -2.11. The minimum Gasteiger partial charge on any atom is -0.467 e. The average Bonchev–Trinajstić information content (AvgIpc) is 3.30. The van der Waals surface area contributed by atoms with Crippen molar-refractivity contribution in [2.75, 3.05) is 0 Å². The Morgan fingerprint density at radius 2 is 1.79 bits per heavy atom. The molecule has 2 heterocycles. The number of rotatable bonds is 5. The number of esters is 1. The summed E-state index contributed by atoms with van der Waals surface area (Å²) in [4.78, 5) is 38.6. The van der Waals surface area contributed by atoms with Gasteiger partial charge in [-0.3, -0.25) is 14.5 Å². The molecule has 0 saturated carbocycles. The smallest absolute Gasteiger partial charge is 0.338 e. The van der Waals surface area contributed by atoms with Crippen LogP contribution in [0.25, 0.3) is 0 Å². The molecule has 0 bridgehead atoms. The largest absolute Gasteiger partial charge is 0.467 e. The van der Waals surface area contributed by atoms with Crippen LogP contribution in [0.1, 0.15) is 42.4 Å². The third-order valence-corrected chi connectivity index (χ3v) is 4.79. The van der Waals surface area contributed by atoms with Gasteiger partial charge in [-0.1, -0.05) is 29.8 Å². The summed E-state index contributed by atoms with van der Waals surface area (Å²) in [6.07, 6.45) is 1.47. The monoisotopic (exact) mass is 395 g/mol. The highest BCUT2D eigenvalue weighted by atomic mass is 35.5. The lowest BCUT2D eigenvalue weighted by molar-refractivity contribution is 0.0472. The van der Waals surface area contributed by atoms with Crippen LogP contribution in [-0.2, 0) is 17.9 Å². The number of amides is 2.